The molecule has 1 aliphatic heterocycles. The fourth-order valence-corrected chi connectivity index (χ4v) is 4.97. The van der Waals surface area contributed by atoms with Gasteiger partial charge in [-0.25, -0.2) is 0 Å². The standard InChI is InChI=1S/C19H22I2N2/c1-2-15-3-5-16(6-4-15)14-22-9-11-23(12-10-22)19-8-7-17(20)13-18(19)21/h3-8,13H,2,9-12,14H2,1H3. The van der Waals surface area contributed by atoms with E-state index >= 15 is 0 Å². The second-order valence-electron chi connectivity index (χ2n) is 6.03. The highest BCUT2D eigenvalue weighted by molar-refractivity contribution is 14.1. The maximum atomic E-state index is 2.57. The van der Waals surface area contributed by atoms with Crippen LogP contribution < -0.4 is 4.90 Å². The monoisotopic (exact) mass is 532 g/mol. The van der Waals surface area contributed by atoms with Crippen LogP contribution in [0.25, 0.3) is 0 Å². The number of anilines is 1. The molecule has 0 unspecified atom stereocenters. The third-order valence-corrected chi connectivity index (χ3v) is 6.00. The summed E-state index contributed by atoms with van der Waals surface area (Å²) in [6.07, 6.45) is 1.12. The predicted molar refractivity (Wildman–Crippen MR) is 115 cm³/mol. The van der Waals surface area contributed by atoms with E-state index in [-0.39, 0.29) is 0 Å². The fourth-order valence-electron chi connectivity index (χ4n) is 3.02. The first-order valence-electron chi connectivity index (χ1n) is 8.16. The van der Waals surface area contributed by atoms with Crippen LogP contribution in [0.1, 0.15) is 18.1 Å². The summed E-state index contributed by atoms with van der Waals surface area (Å²) in [6, 6.07) is 15.8. The minimum absolute atomic E-state index is 1.07. The van der Waals surface area contributed by atoms with Gasteiger partial charge in [-0.3, -0.25) is 4.90 Å². The van der Waals surface area contributed by atoms with Crippen LogP contribution in [0.5, 0.6) is 0 Å². The maximum Gasteiger partial charge on any atom is 0.0503 e. The van der Waals surface area contributed by atoms with Crippen LogP contribution in [-0.2, 0) is 13.0 Å². The van der Waals surface area contributed by atoms with Gasteiger partial charge in [0.25, 0.3) is 0 Å². The lowest BCUT2D eigenvalue weighted by atomic mass is 10.1. The van der Waals surface area contributed by atoms with Crippen molar-refractivity contribution in [1.82, 2.24) is 4.90 Å². The summed E-state index contributed by atoms with van der Waals surface area (Å²) in [4.78, 5) is 5.09. The zero-order valence-corrected chi connectivity index (χ0v) is 17.7. The molecule has 0 bridgehead atoms. The molecule has 23 heavy (non-hydrogen) atoms. The first-order chi connectivity index (χ1) is 11.2. The minimum Gasteiger partial charge on any atom is -0.368 e. The molecule has 0 aliphatic carbocycles. The molecule has 0 radical (unpaired) electrons. The van der Waals surface area contributed by atoms with Crippen molar-refractivity contribution in [3.8, 4) is 0 Å². The van der Waals surface area contributed by atoms with Crippen molar-refractivity contribution in [2.45, 2.75) is 19.9 Å². The number of piperazine rings is 1. The Balaban J connectivity index is 1.57. The lowest BCUT2D eigenvalue weighted by Gasteiger charge is -2.36. The summed E-state index contributed by atoms with van der Waals surface area (Å²) in [6.45, 7) is 7.78. The maximum absolute atomic E-state index is 2.57. The Labute approximate surface area is 166 Å². The molecule has 0 spiro atoms. The van der Waals surface area contributed by atoms with Gasteiger partial charge in [-0.15, -0.1) is 0 Å². The van der Waals surface area contributed by atoms with E-state index in [0.29, 0.717) is 0 Å². The summed E-state index contributed by atoms with van der Waals surface area (Å²) in [5.41, 5.74) is 4.24. The summed E-state index contributed by atoms with van der Waals surface area (Å²) >= 11 is 4.84. The van der Waals surface area contributed by atoms with Crippen LogP contribution >= 0.6 is 45.2 Å². The van der Waals surface area contributed by atoms with Crippen LogP contribution in [0.2, 0.25) is 0 Å². The van der Waals surface area contributed by atoms with E-state index in [9.17, 15) is 0 Å². The SMILES string of the molecule is CCc1ccc(CN2CCN(c3ccc(I)cc3I)CC2)cc1. The Kier molecular flexibility index (Phi) is 6.20. The summed E-state index contributed by atoms with van der Waals surface area (Å²) in [5, 5.41) is 0. The van der Waals surface area contributed by atoms with E-state index in [1.165, 1.54) is 24.0 Å². The molecule has 2 aromatic carbocycles. The van der Waals surface area contributed by atoms with Crippen molar-refractivity contribution >= 4 is 50.9 Å². The van der Waals surface area contributed by atoms with Crippen LogP contribution in [-0.4, -0.2) is 31.1 Å². The van der Waals surface area contributed by atoms with E-state index in [4.69, 9.17) is 0 Å². The molecule has 0 N–H and O–H groups in total. The molecule has 122 valence electrons. The average Bonchev–Trinajstić information content (AvgIpc) is 2.57. The van der Waals surface area contributed by atoms with Gasteiger partial charge in [-0.05, 0) is 80.9 Å². The lowest BCUT2D eigenvalue weighted by molar-refractivity contribution is 0.250. The van der Waals surface area contributed by atoms with E-state index in [0.717, 1.165) is 39.1 Å². The lowest BCUT2D eigenvalue weighted by Crippen LogP contribution is -2.46. The van der Waals surface area contributed by atoms with Crippen LogP contribution in [0.4, 0.5) is 5.69 Å². The molecule has 1 aliphatic rings. The first-order valence-corrected chi connectivity index (χ1v) is 10.3. The Morgan fingerprint density at radius 3 is 2.13 bits per heavy atom. The van der Waals surface area contributed by atoms with Crippen molar-refractivity contribution in [2.75, 3.05) is 31.1 Å². The third kappa shape index (κ3) is 4.60. The van der Waals surface area contributed by atoms with Gasteiger partial charge in [0.2, 0.25) is 0 Å². The highest BCUT2D eigenvalue weighted by atomic mass is 127. The van der Waals surface area contributed by atoms with Crippen LogP contribution in [0.15, 0.2) is 42.5 Å². The second-order valence-corrected chi connectivity index (χ2v) is 8.44. The Morgan fingerprint density at radius 1 is 0.870 bits per heavy atom. The fraction of sp³-hybridized carbons (Fsp3) is 0.368. The number of hydrogen-bond acceptors (Lipinski definition) is 2. The molecule has 0 saturated carbocycles. The molecule has 2 aromatic rings. The van der Waals surface area contributed by atoms with Crippen molar-refractivity contribution < 1.29 is 0 Å². The Bertz CT molecular complexity index is 647. The zero-order valence-electron chi connectivity index (χ0n) is 13.4. The van der Waals surface area contributed by atoms with Crippen molar-refractivity contribution in [2.24, 2.45) is 0 Å². The molecule has 0 aromatic heterocycles. The molecule has 1 heterocycles. The molecular formula is C19H22I2N2. The highest BCUT2D eigenvalue weighted by Crippen LogP contribution is 2.25. The van der Waals surface area contributed by atoms with Crippen LogP contribution in [0, 0.1) is 7.14 Å². The van der Waals surface area contributed by atoms with Crippen molar-refractivity contribution in [3.63, 3.8) is 0 Å². The highest BCUT2D eigenvalue weighted by Gasteiger charge is 2.18. The van der Waals surface area contributed by atoms with Gasteiger partial charge in [-0.1, -0.05) is 31.2 Å². The molecule has 0 amide bonds. The van der Waals surface area contributed by atoms with Gasteiger partial charge in [-0.2, -0.15) is 0 Å². The molecule has 2 nitrogen and oxygen atoms in total. The number of halogens is 2. The van der Waals surface area contributed by atoms with Gasteiger partial charge >= 0.3 is 0 Å². The van der Waals surface area contributed by atoms with Crippen LogP contribution in [0.3, 0.4) is 0 Å². The largest absolute Gasteiger partial charge is 0.368 e. The average molecular weight is 532 g/mol. The van der Waals surface area contributed by atoms with Gasteiger partial charge in [0.15, 0.2) is 0 Å². The second kappa shape index (κ2) is 8.16. The van der Waals surface area contributed by atoms with Gasteiger partial charge < -0.3 is 4.90 Å². The number of aryl methyl sites for hydroxylation is 1. The molecular weight excluding hydrogens is 510 g/mol. The Morgan fingerprint density at radius 2 is 1.52 bits per heavy atom. The number of rotatable bonds is 4. The van der Waals surface area contributed by atoms with Crippen molar-refractivity contribution in [1.29, 1.82) is 0 Å². The van der Waals surface area contributed by atoms with Gasteiger partial charge in [0, 0.05) is 39.9 Å². The Hall–Kier alpha value is -0.340. The van der Waals surface area contributed by atoms with E-state index in [1.807, 2.05) is 0 Å². The van der Waals surface area contributed by atoms with Gasteiger partial charge in [0.05, 0.1) is 5.69 Å². The minimum atomic E-state index is 1.07. The molecule has 4 heteroatoms. The zero-order chi connectivity index (χ0) is 16.2. The summed E-state index contributed by atoms with van der Waals surface area (Å²) < 4.78 is 2.67. The quantitative estimate of drug-likeness (QED) is 0.524. The van der Waals surface area contributed by atoms with E-state index in [2.05, 4.69) is 104 Å². The van der Waals surface area contributed by atoms with E-state index in [1.54, 1.807) is 0 Å². The third-order valence-electron chi connectivity index (χ3n) is 4.46. The topological polar surface area (TPSA) is 6.48 Å². The summed E-state index contributed by atoms with van der Waals surface area (Å²) in [7, 11) is 0. The summed E-state index contributed by atoms with van der Waals surface area (Å²) in [5.74, 6) is 0. The molecule has 0 atom stereocenters. The first kappa shape index (κ1) is 17.5. The molecule has 1 saturated heterocycles. The normalized spacial score (nSPS) is 15.9. The smallest absolute Gasteiger partial charge is 0.0503 e. The number of nitrogens with zero attached hydrogens (tertiary/aromatic N) is 2. The number of benzene rings is 2. The number of hydrogen-bond donors (Lipinski definition) is 0. The molecule has 3 rings (SSSR count). The molecule has 1 fully saturated rings. The predicted octanol–water partition coefficient (Wildman–Crippen LogP) is 4.78. The van der Waals surface area contributed by atoms with Gasteiger partial charge in [0.1, 0.15) is 0 Å². The van der Waals surface area contributed by atoms with Crippen molar-refractivity contribution in [3.05, 3.63) is 60.7 Å². The van der Waals surface area contributed by atoms with E-state index < -0.39 is 0 Å².